The van der Waals surface area contributed by atoms with E-state index in [9.17, 15) is 24.9 Å². The third-order valence-corrected chi connectivity index (χ3v) is 6.32. The predicted molar refractivity (Wildman–Crippen MR) is 162 cm³/mol. The van der Waals surface area contributed by atoms with E-state index in [0.29, 0.717) is 25.7 Å². The Labute approximate surface area is 243 Å². The Morgan fingerprint density at radius 2 is 1.30 bits per heavy atom. The van der Waals surface area contributed by atoms with Gasteiger partial charge in [0.1, 0.15) is 6.61 Å². The van der Waals surface area contributed by atoms with Crippen molar-refractivity contribution in [2.24, 2.45) is 0 Å². The second-order valence-electron chi connectivity index (χ2n) is 10.2. The van der Waals surface area contributed by atoms with Gasteiger partial charge in [-0.3, -0.25) is 9.59 Å². The van der Waals surface area contributed by atoms with Gasteiger partial charge in [0, 0.05) is 12.8 Å². The number of hydrogen-bond donors (Lipinski definition) is 3. The largest absolute Gasteiger partial charge is 0.462 e. The lowest BCUT2D eigenvalue weighted by atomic mass is 10.1. The van der Waals surface area contributed by atoms with Crippen LogP contribution in [0, 0.1) is 0 Å². The highest BCUT2D eigenvalue weighted by Crippen LogP contribution is 2.10. The maximum atomic E-state index is 12.1. The van der Waals surface area contributed by atoms with Gasteiger partial charge in [-0.05, 0) is 38.5 Å². The van der Waals surface area contributed by atoms with Crippen LogP contribution in [0.1, 0.15) is 117 Å². The summed E-state index contributed by atoms with van der Waals surface area (Å²) in [6.07, 6.45) is 26.7. The zero-order valence-electron chi connectivity index (χ0n) is 25.1. The molecule has 0 aliphatic carbocycles. The van der Waals surface area contributed by atoms with Crippen LogP contribution in [0.15, 0.2) is 48.6 Å². The molecule has 7 heteroatoms. The Morgan fingerprint density at radius 3 is 1.98 bits per heavy atom. The van der Waals surface area contributed by atoms with E-state index in [2.05, 4.69) is 19.9 Å². The van der Waals surface area contributed by atoms with E-state index in [1.807, 2.05) is 6.08 Å². The summed E-state index contributed by atoms with van der Waals surface area (Å²) in [7, 11) is 0. The molecule has 3 atom stereocenters. The number of rotatable bonds is 26. The van der Waals surface area contributed by atoms with Crippen LogP contribution in [0.5, 0.6) is 0 Å². The van der Waals surface area contributed by atoms with Gasteiger partial charge in [0.2, 0.25) is 0 Å². The van der Waals surface area contributed by atoms with Gasteiger partial charge in [-0.1, -0.05) is 114 Å². The first-order valence-electron chi connectivity index (χ1n) is 15.4. The first kappa shape index (κ1) is 37.8. The standard InChI is InChI=1S/C33H56O7/c1-3-5-7-9-11-13-19-25-32(37)39-28-31(27-34)40-33(38)26-20-24-30(36)23-18-15-14-17-22-29(35)21-16-12-10-8-6-4-2/h12,14-18,22-23,29-31,34-36H,3-11,13,19-21,24-28H2,1-2H3/b15-14+,16-12-,22-17+,23-18-/t29-,30-,31-/m0/s1. The Bertz CT molecular complexity index is 726. The molecule has 3 N–H and O–H groups in total. The summed E-state index contributed by atoms with van der Waals surface area (Å²) in [5.41, 5.74) is 0. The van der Waals surface area contributed by atoms with Crippen molar-refractivity contribution in [3.63, 3.8) is 0 Å². The van der Waals surface area contributed by atoms with Crippen molar-refractivity contribution in [1.29, 1.82) is 0 Å². The van der Waals surface area contributed by atoms with E-state index < -0.39 is 30.9 Å². The number of hydrogen-bond acceptors (Lipinski definition) is 7. The number of ether oxygens (including phenoxy) is 2. The van der Waals surface area contributed by atoms with Gasteiger partial charge in [-0.15, -0.1) is 0 Å². The van der Waals surface area contributed by atoms with E-state index in [0.717, 1.165) is 25.7 Å². The van der Waals surface area contributed by atoms with Gasteiger partial charge in [-0.2, -0.15) is 0 Å². The maximum Gasteiger partial charge on any atom is 0.306 e. The lowest BCUT2D eigenvalue weighted by Gasteiger charge is -2.16. The third-order valence-electron chi connectivity index (χ3n) is 6.32. The quantitative estimate of drug-likeness (QED) is 0.0466. The van der Waals surface area contributed by atoms with Crippen LogP contribution in [0.25, 0.3) is 0 Å². The minimum atomic E-state index is -0.881. The molecule has 0 heterocycles. The fourth-order valence-corrected chi connectivity index (χ4v) is 3.86. The topological polar surface area (TPSA) is 113 Å². The SMILES string of the molecule is CCCCC/C=C\C[C@H](O)/C=C/C=C/C=C\[C@H](O)CCCC(=O)O[C@@H](CO)COC(=O)CCCCCCCCC. The van der Waals surface area contributed by atoms with Crippen molar-refractivity contribution in [1.82, 2.24) is 0 Å². The van der Waals surface area contributed by atoms with Crippen LogP contribution in [-0.2, 0) is 19.1 Å². The van der Waals surface area contributed by atoms with Crippen LogP contribution in [0.3, 0.4) is 0 Å². The number of esters is 2. The monoisotopic (exact) mass is 564 g/mol. The number of unbranched alkanes of at least 4 members (excludes halogenated alkanes) is 9. The van der Waals surface area contributed by atoms with Crippen LogP contribution >= 0.6 is 0 Å². The average molecular weight is 565 g/mol. The van der Waals surface area contributed by atoms with Crippen LogP contribution in [0.2, 0.25) is 0 Å². The van der Waals surface area contributed by atoms with Crippen LogP contribution < -0.4 is 0 Å². The summed E-state index contributed by atoms with van der Waals surface area (Å²) >= 11 is 0. The minimum Gasteiger partial charge on any atom is -0.462 e. The van der Waals surface area contributed by atoms with Crippen molar-refractivity contribution in [2.45, 2.75) is 135 Å². The summed E-state index contributed by atoms with van der Waals surface area (Å²) < 4.78 is 10.3. The fourth-order valence-electron chi connectivity index (χ4n) is 3.86. The smallest absolute Gasteiger partial charge is 0.306 e. The molecule has 0 saturated carbocycles. The van der Waals surface area contributed by atoms with E-state index in [-0.39, 0.29) is 19.0 Å². The van der Waals surface area contributed by atoms with Gasteiger partial charge in [-0.25, -0.2) is 0 Å². The maximum absolute atomic E-state index is 12.1. The first-order valence-corrected chi connectivity index (χ1v) is 15.4. The third kappa shape index (κ3) is 26.0. The number of carbonyl (C=O) groups is 2. The molecule has 7 nitrogen and oxygen atoms in total. The van der Waals surface area contributed by atoms with Crippen molar-refractivity contribution >= 4 is 11.9 Å². The Hall–Kier alpha value is -2.22. The molecule has 0 radical (unpaired) electrons. The van der Waals surface area contributed by atoms with E-state index in [1.54, 1.807) is 36.5 Å². The average Bonchev–Trinajstić information content (AvgIpc) is 2.94. The molecule has 0 aliphatic heterocycles. The zero-order valence-corrected chi connectivity index (χ0v) is 25.1. The molecule has 0 aromatic carbocycles. The molecule has 0 unspecified atom stereocenters. The molecular formula is C33H56O7. The summed E-state index contributed by atoms with van der Waals surface area (Å²) in [6.45, 7) is 3.78. The first-order chi connectivity index (χ1) is 19.4. The number of allylic oxidation sites excluding steroid dienone is 5. The Morgan fingerprint density at radius 1 is 0.700 bits per heavy atom. The highest BCUT2D eigenvalue weighted by atomic mass is 16.6. The van der Waals surface area contributed by atoms with Crippen LogP contribution in [-0.4, -0.2) is 58.8 Å². The normalized spacial score (nSPS) is 14.4. The summed E-state index contributed by atoms with van der Waals surface area (Å²) in [6, 6.07) is 0. The highest BCUT2D eigenvalue weighted by molar-refractivity contribution is 5.70. The van der Waals surface area contributed by atoms with Gasteiger partial charge < -0.3 is 24.8 Å². The zero-order chi connectivity index (χ0) is 29.7. The van der Waals surface area contributed by atoms with Gasteiger partial charge in [0.25, 0.3) is 0 Å². The molecule has 0 aliphatic rings. The summed E-state index contributed by atoms with van der Waals surface area (Å²) in [5.74, 6) is -0.846. The lowest BCUT2D eigenvalue weighted by molar-refractivity contribution is -0.161. The Balaban J connectivity index is 3.99. The van der Waals surface area contributed by atoms with Crippen molar-refractivity contribution in [3.8, 4) is 0 Å². The summed E-state index contributed by atoms with van der Waals surface area (Å²) in [4.78, 5) is 23.9. The molecule has 0 aromatic heterocycles. The van der Waals surface area contributed by atoms with Crippen molar-refractivity contribution in [2.75, 3.05) is 13.2 Å². The van der Waals surface area contributed by atoms with Gasteiger partial charge in [0.05, 0.1) is 18.8 Å². The number of carbonyl (C=O) groups excluding carboxylic acids is 2. The molecule has 0 spiro atoms. The predicted octanol–water partition coefficient (Wildman–Crippen LogP) is 6.66. The van der Waals surface area contributed by atoms with Crippen molar-refractivity contribution < 1.29 is 34.4 Å². The second kappa shape index (κ2) is 28.3. The van der Waals surface area contributed by atoms with Gasteiger partial charge >= 0.3 is 11.9 Å². The van der Waals surface area contributed by atoms with Crippen LogP contribution in [0.4, 0.5) is 0 Å². The molecule has 0 bridgehead atoms. The fraction of sp³-hybridized carbons (Fsp3) is 0.697. The molecule has 0 rings (SSSR count). The van der Waals surface area contributed by atoms with E-state index in [1.165, 1.54) is 44.9 Å². The molecule has 0 amide bonds. The number of aliphatic hydroxyl groups is 3. The van der Waals surface area contributed by atoms with E-state index >= 15 is 0 Å². The molecular weight excluding hydrogens is 508 g/mol. The molecule has 0 aromatic rings. The molecule has 230 valence electrons. The molecule has 40 heavy (non-hydrogen) atoms. The lowest BCUT2D eigenvalue weighted by Crippen LogP contribution is -2.28. The van der Waals surface area contributed by atoms with Gasteiger partial charge in [0.15, 0.2) is 6.10 Å². The van der Waals surface area contributed by atoms with E-state index in [4.69, 9.17) is 9.47 Å². The minimum absolute atomic E-state index is 0.0941. The molecule has 0 saturated heterocycles. The second-order valence-corrected chi connectivity index (χ2v) is 10.2. The Kier molecular flexibility index (Phi) is 26.7. The number of aliphatic hydroxyl groups excluding tert-OH is 3. The summed E-state index contributed by atoms with van der Waals surface area (Å²) in [5, 5.41) is 29.4. The van der Waals surface area contributed by atoms with Crippen molar-refractivity contribution in [3.05, 3.63) is 48.6 Å². The highest BCUT2D eigenvalue weighted by Gasteiger charge is 2.16. The molecule has 0 fully saturated rings.